The standard InChI is InChI=1S/C20H18FN3O6S/c21-11-14-5-3-9-23(14)31(29,30)15-7-8-18-16(10-15)19(25)20(26)22(18)12-13-4-1-2-6-17(13)24(27)28/h1-2,4,6-8,10,14H,3,5,9,11-12H2/t14-/m0/s1. The number of benzene rings is 2. The summed E-state index contributed by atoms with van der Waals surface area (Å²) in [5.41, 5.74) is 0.124. The second-order valence-corrected chi connectivity index (χ2v) is 9.24. The van der Waals surface area contributed by atoms with Crippen molar-refractivity contribution in [2.45, 2.75) is 30.3 Å². The van der Waals surface area contributed by atoms with Gasteiger partial charge in [0, 0.05) is 18.2 Å². The van der Waals surface area contributed by atoms with Crippen molar-refractivity contribution in [2.24, 2.45) is 0 Å². The Morgan fingerprint density at radius 1 is 1.16 bits per heavy atom. The lowest BCUT2D eigenvalue weighted by molar-refractivity contribution is -0.385. The molecule has 162 valence electrons. The summed E-state index contributed by atoms with van der Waals surface area (Å²) in [5, 5.41) is 11.3. The first-order chi connectivity index (χ1) is 14.8. The van der Waals surface area contributed by atoms with Crippen molar-refractivity contribution in [1.29, 1.82) is 0 Å². The van der Waals surface area contributed by atoms with Gasteiger partial charge in [0.05, 0.1) is 33.7 Å². The number of hydrogen-bond donors (Lipinski definition) is 0. The Bertz CT molecular complexity index is 1200. The van der Waals surface area contributed by atoms with Crippen molar-refractivity contribution in [3.05, 3.63) is 63.7 Å². The second-order valence-electron chi connectivity index (χ2n) is 7.35. The average Bonchev–Trinajstić information content (AvgIpc) is 3.33. The van der Waals surface area contributed by atoms with Crippen LogP contribution >= 0.6 is 0 Å². The fourth-order valence-corrected chi connectivity index (χ4v) is 5.71. The minimum atomic E-state index is -4.03. The normalized spacial score (nSPS) is 19.1. The van der Waals surface area contributed by atoms with E-state index in [4.69, 9.17) is 0 Å². The van der Waals surface area contributed by atoms with Crippen LogP contribution in [0.5, 0.6) is 0 Å². The van der Waals surface area contributed by atoms with Gasteiger partial charge in [0.15, 0.2) is 0 Å². The molecule has 0 radical (unpaired) electrons. The number of para-hydroxylation sites is 1. The van der Waals surface area contributed by atoms with Crippen LogP contribution in [0, 0.1) is 10.1 Å². The van der Waals surface area contributed by atoms with Crippen molar-refractivity contribution in [3.63, 3.8) is 0 Å². The summed E-state index contributed by atoms with van der Waals surface area (Å²) in [6.45, 7) is -0.827. The zero-order chi connectivity index (χ0) is 22.3. The van der Waals surface area contributed by atoms with Crippen LogP contribution in [0.25, 0.3) is 0 Å². The highest BCUT2D eigenvalue weighted by molar-refractivity contribution is 7.89. The third kappa shape index (κ3) is 3.49. The molecule has 2 heterocycles. The topological polar surface area (TPSA) is 118 Å². The second kappa shape index (κ2) is 7.82. The van der Waals surface area contributed by atoms with Gasteiger partial charge in [0.25, 0.3) is 17.4 Å². The molecule has 4 rings (SSSR count). The predicted molar refractivity (Wildman–Crippen MR) is 108 cm³/mol. The molecule has 1 atom stereocenters. The summed E-state index contributed by atoms with van der Waals surface area (Å²) in [5.74, 6) is -1.79. The van der Waals surface area contributed by atoms with Crippen LogP contribution < -0.4 is 4.90 Å². The molecule has 0 saturated carbocycles. The summed E-state index contributed by atoms with van der Waals surface area (Å²) < 4.78 is 40.2. The van der Waals surface area contributed by atoms with E-state index in [0.717, 1.165) is 15.3 Å². The Balaban J connectivity index is 1.70. The van der Waals surface area contributed by atoms with Gasteiger partial charge in [-0.3, -0.25) is 19.7 Å². The third-order valence-electron chi connectivity index (χ3n) is 5.57. The summed E-state index contributed by atoms with van der Waals surface area (Å²) in [6.07, 6.45) is 0.960. The Morgan fingerprint density at radius 2 is 1.90 bits per heavy atom. The van der Waals surface area contributed by atoms with E-state index in [9.17, 15) is 32.5 Å². The van der Waals surface area contributed by atoms with Crippen LogP contribution in [0.2, 0.25) is 0 Å². The van der Waals surface area contributed by atoms with E-state index in [0.29, 0.717) is 12.8 Å². The molecule has 2 aliphatic heterocycles. The van der Waals surface area contributed by atoms with E-state index < -0.39 is 39.4 Å². The Hall–Kier alpha value is -3.18. The van der Waals surface area contributed by atoms with E-state index in [1.165, 1.54) is 30.3 Å². The monoisotopic (exact) mass is 447 g/mol. The van der Waals surface area contributed by atoms with Gasteiger partial charge in [0.1, 0.15) is 6.67 Å². The SMILES string of the molecule is O=C1C(=O)N(Cc2ccccc2[N+](=O)[O-])c2ccc(S(=O)(=O)N3CCC[C@H]3CF)cc21. The van der Waals surface area contributed by atoms with Crippen molar-refractivity contribution in [2.75, 3.05) is 18.1 Å². The molecule has 31 heavy (non-hydrogen) atoms. The fraction of sp³-hybridized carbons (Fsp3) is 0.300. The number of fused-ring (bicyclic) bond motifs is 1. The lowest BCUT2D eigenvalue weighted by Crippen LogP contribution is -2.36. The summed E-state index contributed by atoms with van der Waals surface area (Å²) in [4.78, 5) is 36.7. The lowest BCUT2D eigenvalue weighted by Gasteiger charge is -2.22. The molecule has 1 fully saturated rings. The van der Waals surface area contributed by atoms with E-state index in [1.54, 1.807) is 6.07 Å². The molecule has 0 spiro atoms. The zero-order valence-corrected chi connectivity index (χ0v) is 17.0. The molecule has 1 saturated heterocycles. The van der Waals surface area contributed by atoms with Crippen LogP contribution in [-0.2, 0) is 21.4 Å². The molecule has 1 amide bonds. The van der Waals surface area contributed by atoms with Crippen LogP contribution in [0.3, 0.4) is 0 Å². The Morgan fingerprint density at radius 3 is 2.61 bits per heavy atom. The number of anilines is 1. The highest BCUT2D eigenvalue weighted by atomic mass is 32.2. The molecular weight excluding hydrogens is 429 g/mol. The molecule has 0 aliphatic carbocycles. The van der Waals surface area contributed by atoms with Gasteiger partial charge in [-0.1, -0.05) is 18.2 Å². The van der Waals surface area contributed by atoms with Crippen LogP contribution in [-0.4, -0.2) is 48.6 Å². The molecule has 11 heteroatoms. The first-order valence-corrected chi connectivity index (χ1v) is 11.0. The average molecular weight is 447 g/mol. The van der Waals surface area contributed by atoms with Gasteiger partial charge in [-0.05, 0) is 31.0 Å². The third-order valence-corrected chi connectivity index (χ3v) is 7.52. The number of ketones is 1. The molecule has 2 aromatic rings. The van der Waals surface area contributed by atoms with E-state index >= 15 is 0 Å². The highest BCUT2D eigenvalue weighted by Crippen LogP contribution is 2.35. The molecule has 9 nitrogen and oxygen atoms in total. The van der Waals surface area contributed by atoms with Gasteiger partial charge in [-0.15, -0.1) is 0 Å². The Labute approximate surface area is 177 Å². The maximum Gasteiger partial charge on any atom is 0.299 e. The molecule has 0 bridgehead atoms. The van der Waals surface area contributed by atoms with E-state index in [1.807, 2.05) is 0 Å². The number of nitro benzene ring substituents is 1. The van der Waals surface area contributed by atoms with Gasteiger partial charge in [0.2, 0.25) is 10.0 Å². The first-order valence-electron chi connectivity index (χ1n) is 9.56. The molecule has 0 N–H and O–H groups in total. The van der Waals surface area contributed by atoms with Crippen LogP contribution in [0.4, 0.5) is 15.8 Å². The predicted octanol–water partition coefficient (Wildman–Crippen LogP) is 2.45. The summed E-state index contributed by atoms with van der Waals surface area (Å²) >= 11 is 0. The molecule has 2 aromatic carbocycles. The van der Waals surface area contributed by atoms with E-state index in [2.05, 4.69) is 0 Å². The number of nitrogens with zero attached hydrogens (tertiary/aromatic N) is 3. The van der Waals surface area contributed by atoms with Crippen molar-refractivity contribution in [3.8, 4) is 0 Å². The van der Waals surface area contributed by atoms with Gasteiger partial charge >= 0.3 is 0 Å². The van der Waals surface area contributed by atoms with Crippen LogP contribution in [0.15, 0.2) is 47.4 Å². The number of carbonyl (C=O) groups is 2. The number of alkyl halides is 1. The largest absolute Gasteiger partial charge is 0.300 e. The number of halogens is 1. The molecule has 0 aromatic heterocycles. The van der Waals surface area contributed by atoms with Crippen molar-refractivity contribution >= 4 is 33.1 Å². The molecule has 2 aliphatic rings. The maximum absolute atomic E-state index is 13.2. The van der Waals surface area contributed by atoms with Gasteiger partial charge < -0.3 is 4.90 Å². The minimum absolute atomic E-state index is 0.0966. The number of rotatable bonds is 6. The number of Topliss-reactive ketones (excluding diaryl/α,β-unsaturated/α-hetero) is 1. The summed E-state index contributed by atoms with van der Waals surface area (Å²) in [6, 6.07) is 8.83. The quantitative estimate of drug-likeness (QED) is 0.381. The molecular formula is C20H18FN3O6S. The minimum Gasteiger partial charge on any atom is -0.300 e. The van der Waals surface area contributed by atoms with Crippen LogP contribution in [0.1, 0.15) is 28.8 Å². The van der Waals surface area contributed by atoms with E-state index in [-0.39, 0.29) is 40.5 Å². The highest BCUT2D eigenvalue weighted by Gasteiger charge is 2.40. The maximum atomic E-state index is 13.2. The first kappa shape index (κ1) is 21.1. The number of carbonyl (C=O) groups excluding carboxylic acids is 2. The van der Waals surface area contributed by atoms with Crippen molar-refractivity contribution < 1.29 is 27.3 Å². The zero-order valence-electron chi connectivity index (χ0n) is 16.2. The number of sulfonamides is 1. The Kier molecular flexibility index (Phi) is 5.31. The van der Waals surface area contributed by atoms with Crippen molar-refractivity contribution in [1.82, 2.24) is 4.31 Å². The number of nitro groups is 1. The van der Waals surface area contributed by atoms with Gasteiger partial charge in [-0.2, -0.15) is 4.31 Å². The smallest absolute Gasteiger partial charge is 0.299 e. The number of hydrogen-bond acceptors (Lipinski definition) is 6. The van der Waals surface area contributed by atoms with Gasteiger partial charge in [-0.25, -0.2) is 12.8 Å². The lowest BCUT2D eigenvalue weighted by atomic mass is 10.1. The summed E-state index contributed by atoms with van der Waals surface area (Å²) in [7, 11) is -4.03. The molecule has 0 unspecified atom stereocenters. The fourth-order valence-electron chi connectivity index (χ4n) is 4.01. The number of amides is 1.